The number of hydrazine groups is 2. The SMILES string of the molecule is [C]1C(c2ccccc2)N(c2ccccc2)NN1c1ccccc1. The van der Waals surface area contributed by atoms with E-state index in [1.807, 2.05) is 47.5 Å². The number of rotatable bonds is 3. The van der Waals surface area contributed by atoms with Crippen molar-refractivity contribution in [3.8, 4) is 0 Å². The number of benzene rings is 3. The van der Waals surface area contributed by atoms with Crippen LogP contribution in [-0.2, 0) is 0 Å². The van der Waals surface area contributed by atoms with Crippen molar-refractivity contribution in [1.82, 2.24) is 5.53 Å². The van der Waals surface area contributed by atoms with Gasteiger partial charge in [-0.25, -0.2) is 0 Å². The Hall–Kier alpha value is -2.78. The first-order chi connectivity index (χ1) is 11.4. The summed E-state index contributed by atoms with van der Waals surface area (Å²) in [4.78, 5) is 0. The van der Waals surface area contributed by atoms with Crippen molar-refractivity contribution < 1.29 is 0 Å². The fourth-order valence-electron chi connectivity index (χ4n) is 2.74. The molecule has 3 heteroatoms. The van der Waals surface area contributed by atoms with Crippen LogP contribution in [0.2, 0.25) is 0 Å². The van der Waals surface area contributed by atoms with Crippen LogP contribution in [-0.4, -0.2) is 0 Å². The highest BCUT2D eigenvalue weighted by molar-refractivity contribution is 5.57. The third kappa shape index (κ3) is 2.79. The third-order valence-corrected chi connectivity index (χ3v) is 3.88. The first-order valence-corrected chi connectivity index (χ1v) is 7.69. The van der Waals surface area contributed by atoms with Crippen molar-refractivity contribution >= 4 is 11.4 Å². The van der Waals surface area contributed by atoms with Gasteiger partial charge in [0.25, 0.3) is 0 Å². The molecule has 1 N–H and O–H groups in total. The Morgan fingerprint density at radius 1 is 0.652 bits per heavy atom. The Kier molecular flexibility index (Phi) is 3.70. The Bertz CT molecular complexity index is 696. The molecule has 0 aliphatic carbocycles. The lowest BCUT2D eigenvalue weighted by Crippen LogP contribution is -2.39. The molecule has 3 aromatic carbocycles. The van der Waals surface area contributed by atoms with Gasteiger partial charge in [0.15, 0.2) is 0 Å². The molecule has 1 fully saturated rings. The Balaban J connectivity index is 1.70. The lowest BCUT2D eigenvalue weighted by atomic mass is 10.1. The Labute approximate surface area is 136 Å². The fourth-order valence-corrected chi connectivity index (χ4v) is 2.74. The van der Waals surface area contributed by atoms with E-state index in [2.05, 4.69) is 65.6 Å². The Morgan fingerprint density at radius 3 is 1.78 bits per heavy atom. The summed E-state index contributed by atoms with van der Waals surface area (Å²) in [6.07, 6.45) is 0. The maximum absolute atomic E-state index is 3.52. The smallest absolute Gasteiger partial charge is 0.143 e. The van der Waals surface area contributed by atoms with Crippen molar-refractivity contribution in [3.63, 3.8) is 0 Å². The molecule has 1 atom stereocenters. The van der Waals surface area contributed by atoms with Crippen molar-refractivity contribution in [2.24, 2.45) is 0 Å². The zero-order valence-electron chi connectivity index (χ0n) is 12.6. The average Bonchev–Trinajstić information content (AvgIpc) is 3.09. The molecular weight excluding hydrogens is 282 g/mol. The second-order valence-electron chi connectivity index (χ2n) is 5.42. The second kappa shape index (κ2) is 6.15. The summed E-state index contributed by atoms with van der Waals surface area (Å²) in [7, 11) is 0. The van der Waals surface area contributed by atoms with Gasteiger partial charge in [0, 0.05) is 0 Å². The minimum absolute atomic E-state index is 0.0128. The summed E-state index contributed by atoms with van der Waals surface area (Å²) in [5, 5.41) is 4.08. The highest BCUT2D eigenvalue weighted by atomic mass is 15.8. The molecule has 1 unspecified atom stereocenters. The zero-order chi connectivity index (χ0) is 15.5. The molecule has 0 bridgehead atoms. The van der Waals surface area contributed by atoms with Gasteiger partial charge in [-0.3, -0.25) is 10.0 Å². The molecule has 1 saturated heterocycles. The van der Waals surface area contributed by atoms with Crippen LogP contribution in [0.4, 0.5) is 11.4 Å². The van der Waals surface area contributed by atoms with E-state index in [0.717, 1.165) is 11.4 Å². The van der Waals surface area contributed by atoms with Crippen LogP contribution in [0.1, 0.15) is 11.6 Å². The predicted molar refractivity (Wildman–Crippen MR) is 93.4 cm³/mol. The van der Waals surface area contributed by atoms with Crippen LogP contribution >= 0.6 is 0 Å². The number of nitrogens with zero attached hydrogens (tertiary/aromatic N) is 2. The molecule has 0 amide bonds. The van der Waals surface area contributed by atoms with Crippen molar-refractivity contribution in [2.75, 3.05) is 10.0 Å². The van der Waals surface area contributed by atoms with Gasteiger partial charge in [-0.2, -0.15) is 0 Å². The summed E-state index contributed by atoms with van der Waals surface area (Å²) in [5.41, 5.74) is 6.79. The van der Waals surface area contributed by atoms with E-state index in [1.54, 1.807) is 0 Å². The first-order valence-electron chi connectivity index (χ1n) is 7.69. The summed E-state index contributed by atoms with van der Waals surface area (Å²) in [6, 6.07) is 30.9. The molecule has 23 heavy (non-hydrogen) atoms. The lowest BCUT2D eigenvalue weighted by molar-refractivity contribution is 0.687. The van der Waals surface area contributed by atoms with E-state index >= 15 is 0 Å². The van der Waals surface area contributed by atoms with Gasteiger partial charge in [-0.05, 0) is 29.8 Å². The maximum Gasteiger partial charge on any atom is 0.143 e. The summed E-state index contributed by atoms with van der Waals surface area (Å²) < 4.78 is 0. The van der Waals surface area contributed by atoms with Gasteiger partial charge in [0.05, 0.1) is 11.4 Å². The van der Waals surface area contributed by atoms with Gasteiger partial charge >= 0.3 is 0 Å². The molecule has 3 aromatic rings. The molecule has 1 heterocycles. The zero-order valence-corrected chi connectivity index (χ0v) is 12.6. The molecule has 1 aliphatic heterocycles. The number of nitrogens with one attached hydrogen (secondary N) is 1. The molecule has 2 radical (unpaired) electrons. The normalized spacial score (nSPS) is 17.5. The predicted octanol–water partition coefficient (Wildman–Crippen LogP) is 4.21. The standard InChI is InChI=1S/C20H17N3/c1-4-10-17(11-5-1)20-16-22(18-12-6-2-7-13-18)21-23(20)19-14-8-3-9-15-19/h1-15,20-21H. The van der Waals surface area contributed by atoms with E-state index in [0.29, 0.717) is 0 Å². The molecule has 4 rings (SSSR count). The third-order valence-electron chi connectivity index (χ3n) is 3.88. The quantitative estimate of drug-likeness (QED) is 0.781. The second-order valence-corrected chi connectivity index (χ2v) is 5.42. The lowest BCUT2D eigenvalue weighted by Gasteiger charge is -2.25. The minimum Gasteiger partial charge on any atom is -0.281 e. The fraction of sp³-hybridized carbons (Fsp3) is 0.0500. The number of anilines is 2. The summed E-state index contributed by atoms with van der Waals surface area (Å²) in [5.74, 6) is 0. The van der Waals surface area contributed by atoms with Crippen LogP contribution in [0.25, 0.3) is 0 Å². The number of hydrogen-bond donors (Lipinski definition) is 1. The van der Waals surface area contributed by atoms with Crippen LogP contribution in [0.3, 0.4) is 0 Å². The van der Waals surface area contributed by atoms with E-state index < -0.39 is 0 Å². The van der Waals surface area contributed by atoms with Crippen molar-refractivity contribution in [1.29, 1.82) is 0 Å². The highest BCUT2D eigenvalue weighted by Gasteiger charge is 2.33. The highest BCUT2D eigenvalue weighted by Crippen LogP contribution is 2.34. The average molecular weight is 299 g/mol. The largest absolute Gasteiger partial charge is 0.281 e. The first kappa shape index (κ1) is 13.9. The van der Waals surface area contributed by atoms with Crippen LogP contribution in [0.15, 0.2) is 91.0 Å². The van der Waals surface area contributed by atoms with Gasteiger partial charge < -0.3 is 0 Å². The van der Waals surface area contributed by atoms with E-state index in [4.69, 9.17) is 0 Å². The topological polar surface area (TPSA) is 18.5 Å². The molecule has 0 spiro atoms. The van der Waals surface area contributed by atoms with Crippen molar-refractivity contribution in [3.05, 3.63) is 103 Å². The van der Waals surface area contributed by atoms with E-state index in [-0.39, 0.29) is 6.04 Å². The number of para-hydroxylation sites is 2. The molecule has 0 saturated carbocycles. The molecule has 1 aliphatic rings. The molecular formula is C20H17N3. The van der Waals surface area contributed by atoms with Crippen molar-refractivity contribution in [2.45, 2.75) is 6.04 Å². The number of hydrogen-bond acceptors (Lipinski definition) is 3. The van der Waals surface area contributed by atoms with Crippen LogP contribution in [0, 0.1) is 6.54 Å². The summed E-state index contributed by atoms with van der Waals surface area (Å²) in [6.45, 7) is 3.52. The molecule has 0 aromatic heterocycles. The molecule has 112 valence electrons. The van der Waals surface area contributed by atoms with E-state index in [9.17, 15) is 0 Å². The Morgan fingerprint density at radius 2 is 1.17 bits per heavy atom. The maximum atomic E-state index is 3.52. The molecule has 3 nitrogen and oxygen atoms in total. The van der Waals surface area contributed by atoms with Gasteiger partial charge in [-0.1, -0.05) is 66.7 Å². The van der Waals surface area contributed by atoms with E-state index in [1.165, 1.54) is 5.56 Å². The summed E-state index contributed by atoms with van der Waals surface area (Å²) >= 11 is 0. The van der Waals surface area contributed by atoms with Crippen LogP contribution in [0.5, 0.6) is 0 Å². The van der Waals surface area contributed by atoms with Gasteiger partial charge in [0.2, 0.25) is 0 Å². The van der Waals surface area contributed by atoms with Gasteiger partial charge in [-0.15, -0.1) is 5.53 Å². The van der Waals surface area contributed by atoms with Gasteiger partial charge in [0.1, 0.15) is 12.6 Å². The minimum atomic E-state index is 0.0128. The van der Waals surface area contributed by atoms with Crippen LogP contribution < -0.4 is 15.6 Å². The monoisotopic (exact) mass is 299 g/mol.